The zero-order valence-electron chi connectivity index (χ0n) is 18.9. The third-order valence-electron chi connectivity index (χ3n) is 5.47. The minimum Gasteiger partial charge on any atom is -0.496 e. The van der Waals surface area contributed by atoms with Crippen LogP contribution in [0.1, 0.15) is 6.42 Å². The van der Waals surface area contributed by atoms with Gasteiger partial charge in [-0.05, 0) is 36.7 Å². The Hall–Kier alpha value is -2.78. The molecule has 1 fully saturated rings. The number of para-hydroxylation sites is 1. The van der Waals surface area contributed by atoms with Crippen molar-refractivity contribution in [3.05, 3.63) is 36.4 Å². The van der Waals surface area contributed by atoms with E-state index in [1.807, 2.05) is 30.3 Å². The van der Waals surface area contributed by atoms with E-state index >= 15 is 0 Å². The van der Waals surface area contributed by atoms with Crippen molar-refractivity contribution in [2.45, 2.75) is 45.0 Å². The number of ether oxygens (including phenoxy) is 2. The molecule has 1 aliphatic rings. The molecule has 1 aromatic carbocycles. The number of alkyl halides is 1. The van der Waals surface area contributed by atoms with Crippen molar-refractivity contribution < 1.29 is 18.7 Å². The standard InChI is InChI=1S/C23H29FN4O3Si/c1-30-19-8-6-5-7-15(19)21-16-9-10-20(26-23(29)17-13-18(17)24)25-22(16)28(27-21)14-31-11-12-32(2,3)4/h5-10,17-18H,11-14H2,1-4H3,(H,25,26,29)/t17-,18+/m1/s1. The Balaban J connectivity index is 1.66. The molecule has 2 aromatic heterocycles. The molecule has 0 radical (unpaired) electrons. The van der Waals surface area contributed by atoms with Crippen LogP contribution in [0.4, 0.5) is 10.2 Å². The number of carbonyl (C=O) groups excluding carboxylic acids is 1. The molecule has 2 heterocycles. The molecule has 9 heteroatoms. The van der Waals surface area contributed by atoms with Crippen molar-refractivity contribution >= 4 is 30.8 Å². The Kier molecular flexibility index (Phi) is 6.30. The van der Waals surface area contributed by atoms with Gasteiger partial charge < -0.3 is 14.8 Å². The van der Waals surface area contributed by atoms with Crippen LogP contribution in [-0.4, -0.2) is 48.6 Å². The highest BCUT2D eigenvalue weighted by molar-refractivity contribution is 6.76. The van der Waals surface area contributed by atoms with E-state index in [1.165, 1.54) is 0 Å². The summed E-state index contributed by atoms with van der Waals surface area (Å²) in [4.78, 5) is 16.8. The van der Waals surface area contributed by atoms with E-state index in [9.17, 15) is 9.18 Å². The second-order valence-corrected chi connectivity index (χ2v) is 14.9. The Morgan fingerprint density at radius 3 is 2.69 bits per heavy atom. The fourth-order valence-electron chi connectivity index (χ4n) is 3.43. The molecule has 0 bridgehead atoms. The summed E-state index contributed by atoms with van der Waals surface area (Å²) < 4.78 is 26.4. The second kappa shape index (κ2) is 8.99. The van der Waals surface area contributed by atoms with Crippen LogP contribution in [0.25, 0.3) is 22.3 Å². The largest absolute Gasteiger partial charge is 0.496 e. The van der Waals surface area contributed by atoms with Gasteiger partial charge in [0.05, 0.1) is 13.0 Å². The van der Waals surface area contributed by atoms with E-state index < -0.39 is 20.2 Å². The zero-order valence-corrected chi connectivity index (χ0v) is 19.9. The molecule has 1 saturated carbocycles. The number of amides is 1. The van der Waals surface area contributed by atoms with Gasteiger partial charge in [-0.2, -0.15) is 5.10 Å². The Morgan fingerprint density at radius 2 is 2.00 bits per heavy atom. The lowest BCUT2D eigenvalue weighted by Gasteiger charge is -2.15. The van der Waals surface area contributed by atoms with Crippen LogP contribution < -0.4 is 10.1 Å². The molecular formula is C23H29FN4O3Si. The molecule has 0 spiro atoms. The van der Waals surface area contributed by atoms with Gasteiger partial charge in [0.1, 0.15) is 30.2 Å². The predicted molar refractivity (Wildman–Crippen MR) is 125 cm³/mol. The van der Waals surface area contributed by atoms with E-state index in [2.05, 4.69) is 29.9 Å². The summed E-state index contributed by atoms with van der Waals surface area (Å²) in [6, 6.07) is 12.3. The molecule has 3 aromatic rings. The average molecular weight is 457 g/mol. The topological polar surface area (TPSA) is 78.3 Å². The van der Waals surface area contributed by atoms with Crippen LogP contribution in [0.5, 0.6) is 5.75 Å². The summed E-state index contributed by atoms with van der Waals surface area (Å²) in [5.74, 6) is 0.161. The lowest BCUT2D eigenvalue weighted by Crippen LogP contribution is -2.22. The minimum atomic E-state index is -1.21. The molecular weight excluding hydrogens is 427 g/mol. The summed E-state index contributed by atoms with van der Waals surface area (Å²) in [6.07, 6.45) is -0.782. The number of hydrogen-bond donors (Lipinski definition) is 1. The molecule has 0 saturated heterocycles. The third kappa shape index (κ3) is 4.99. The quantitative estimate of drug-likeness (QED) is 0.372. The lowest BCUT2D eigenvalue weighted by atomic mass is 10.1. The van der Waals surface area contributed by atoms with Crippen molar-refractivity contribution in [3.8, 4) is 17.0 Å². The molecule has 1 N–H and O–H groups in total. The van der Waals surface area contributed by atoms with Crippen molar-refractivity contribution in [1.29, 1.82) is 0 Å². The molecule has 2 atom stereocenters. The van der Waals surface area contributed by atoms with Gasteiger partial charge in [-0.3, -0.25) is 4.79 Å². The van der Waals surface area contributed by atoms with Crippen LogP contribution in [0.2, 0.25) is 25.7 Å². The van der Waals surface area contributed by atoms with Crippen LogP contribution in [0.3, 0.4) is 0 Å². The molecule has 1 amide bonds. The Labute approximate surface area is 187 Å². The number of nitrogens with zero attached hydrogens (tertiary/aromatic N) is 3. The number of methoxy groups -OCH3 is 1. The van der Waals surface area contributed by atoms with Crippen LogP contribution in [0, 0.1) is 5.92 Å². The van der Waals surface area contributed by atoms with E-state index in [-0.39, 0.29) is 19.1 Å². The maximum atomic E-state index is 13.2. The molecule has 0 unspecified atom stereocenters. The van der Waals surface area contributed by atoms with Gasteiger partial charge in [-0.15, -0.1) is 0 Å². The Bertz CT molecular complexity index is 1130. The van der Waals surface area contributed by atoms with E-state index in [0.29, 0.717) is 23.8 Å². The number of benzene rings is 1. The van der Waals surface area contributed by atoms with Crippen molar-refractivity contribution in [1.82, 2.24) is 14.8 Å². The first-order chi connectivity index (χ1) is 15.3. The first-order valence-corrected chi connectivity index (χ1v) is 14.5. The first-order valence-electron chi connectivity index (χ1n) is 10.8. The highest BCUT2D eigenvalue weighted by Gasteiger charge is 2.43. The number of rotatable bonds is 9. The van der Waals surface area contributed by atoms with Crippen molar-refractivity contribution in [3.63, 3.8) is 0 Å². The third-order valence-corrected chi connectivity index (χ3v) is 7.17. The van der Waals surface area contributed by atoms with E-state index in [4.69, 9.17) is 14.6 Å². The summed E-state index contributed by atoms with van der Waals surface area (Å²) >= 11 is 0. The maximum absolute atomic E-state index is 13.2. The molecule has 170 valence electrons. The van der Waals surface area contributed by atoms with Crippen LogP contribution >= 0.6 is 0 Å². The number of halogens is 1. The van der Waals surface area contributed by atoms with Crippen molar-refractivity contribution in [2.24, 2.45) is 5.92 Å². The van der Waals surface area contributed by atoms with Gasteiger partial charge in [0, 0.05) is 25.6 Å². The smallest absolute Gasteiger partial charge is 0.231 e. The van der Waals surface area contributed by atoms with Gasteiger partial charge in [0.25, 0.3) is 0 Å². The minimum absolute atomic E-state index is 0.246. The Morgan fingerprint density at radius 1 is 1.25 bits per heavy atom. The summed E-state index contributed by atoms with van der Waals surface area (Å²) in [7, 11) is 0.413. The maximum Gasteiger partial charge on any atom is 0.231 e. The number of pyridine rings is 1. The van der Waals surface area contributed by atoms with Gasteiger partial charge in [0.15, 0.2) is 5.65 Å². The van der Waals surface area contributed by atoms with Gasteiger partial charge in [0.2, 0.25) is 5.91 Å². The first kappa shape index (κ1) is 22.4. The number of aromatic nitrogens is 3. The van der Waals surface area contributed by atoms with Gasteiger partial charge >= 0.3 is 0 Å². The number of hydrogen-bond acceptors (Lipinski definition) is 5. The van der Waals surface area contributed by atoms with Crippen LogP contribution in [-0.2, 0) is 16.3 Å². The molecule has 32 heavy (non-hydrogen) atoms. The SMILES string of the molecule is COc1ccccc1-c1nn(COCC[Si](C)(C)C)c2nc(NC(=O)[C@@H]3C[C@@H]3F)ccc12. The predicted octanol–water partition coefficient (Wildman–Crippen LogP) is 4.72. The summed E-state index contributed by atoms with van der Waals surface area (Å²) in [6.45, 7) is 7.81. The van der Waals surface area contributed by atoms with Crippen LogP contribution in [0.15, 0.2) is 36.4 Å². The van der Waals surface area contributed by atoms with Gasteiger partial charge in [-0.25, -0.2) is 14.1 Å². The molecule has 0 aliphatic heterocycles. The summed E-state index contributed by atoms with van der Waals surface area (Å²) in [5, 5.41) is 8.31. The molecule has 7 nitrogen and oxygen atoms in total. The average Bonchev–Trinajstić information content (AvgIpc) is 3.39. The van der Waals surface area contributed by atoms with Gasteiger partial charge in [-0.1, -0.05) is 31.8 Å². The lowest BCUT2D eigenvalue weighted by molar-refractivity contribution is -0.117. The highest BCUT2D eigenvalue weighted by atomic mass is 28.3. The van der Waals surface area contributed by atoms with E-state index in [1.54, 1.807) is 17.9 Å². The number of nitrogens with one attached hydrogen (secondary N) is 1. The number of carbonyl (C=O) groups is 1. The fourth-order valence-corrected chi connectivity index (χ4v) is 4.19. The number of fused-ring (bicyclic) bond motifs is 1. The second-order valence-electron chi connectivity index (χ2n) is 9.31. The number of anilines is 1. The zero-order chi connectivity index (χ0) is 22.9. The highest BCUT2D eigenvalue weighted by Crippen LogP contribution is 2.36. The molecule has 1 aliphatic carbocycles. The normalized spacial score (nSPS) is 18.0. The van der Waals surface area contributed by atoms with Crippen molar-refractivity contribution in [2.75, 3.05) is 19.0 Å². The summed E-state index contributed by atoms with van der Waals surface area (Å²) in [5.41, 5.74) is 2.16. The van der Waals surface area contributed by atoms with E-state index in [0.717, 1.165) is 22.7 Å². The molecule has 4 rings (SSSR count). The fraction of sp³-hybridized carbons (Fsp3) is 0.435. The monoisotopic (exact) mass is 456 g/mol.